The second-order valence-electron chi connectivity index (χ2n) is 4.72. The van der Waals surface area contributed by atoms with Crippen molar-refractivity contribution in [3.05, 3.63) is 61.6 Å². The number of Topliss-reactive ketones (excluding diaryl/α,β-unsaturated/α-hetero) is 1. The summed E-state index contributed by atoms with van der Waals surface area (Å²) in [5.41, 5.74) is 1.74. The molecule has 1 atom stereocenters. The minimum absolute atomic E-state index is 0.116. The Hall–Kier alpha value is -0.880. The first kappa shape index (κ1) is 14.1. The zero-order chi connectivity index (χ0) is 14.1. The summed E-state index contributed by atoms with van der Waals surface area (Å²) in [6.45, 7) is 0.592. The number of halogens is 2. The maximum absolute atomic E-state index is 12.8. The number of hydrogen-bond acceptors (Lipinski definition) is 2. The van der Waals surface area contributed by atoms with Crippen LogP contribution >= 0.6 is 38.5 Å². The third-order valence-electron chi connectivity index (χ3n) is 3.47. The van der Waals surface area contributed by atoms with E-state index in [4.69, 9.17) is 4.74 Å². The summed E-state index contributed by atoms with van der Waals surface area (Å²) < 4.78 is 7.55. The van der Waals surface area contributed by atoms with Crippen molar-refractivity contribution in [2.24, 2.45) is 0 Å². The highest BCUT2D eigenvalue weighted by Crippen LogP contribution is 2.36. The van der Waals surface area contributed by atoms with E-state index >= 15 is 0 Å². The van der Waals surface area contributed by atoms with Crippen molar-refractivity contribution >= 4 is 44.3 Å². The van der Waals surface area contributed by atoms with Gasteiger partial charge in [0.15, 0.2) is 5.78 Å². The highest BCUT2D eigenvalue weighted by molar-refractivity contribution is 14.1. The van der Waals surface area contributed by atoms with E-state index in [9.17, 15) is 4.79 Å². The van der Waals surface area contributed by atoms with Crippen LogP contribution in [0.2, 0.25) is 0 Å². The number of ketones is 1. The molecule has 20 heavy (non-hydrogen) atoms. The minimum Gasteiger partial charge on any atom is -0.493 e. The van der Waals surface area contributed by atoms with Gasteiger partial charge >= 0.3 is 0 Å². The molecule has 0 saturated carbocycles. The topological polar surface area (TPSA) is 26.3 Å². The van der Waals surface area contributed by atoms with Crippen molar-refractivity contribution in [1.82, 2.24) is 0 Å². The molecular weight excluding hydrogens is 431 g/mol. The van der Waals surface area contributed by atoms with Crippen LogP contribution in [0, 0.1) is 3.57 Å². The highest BCUT2D eigenvalue weighted by Gasteiger charge is 2.29. The van der Waals surface area contributed by atoms with E-state index in [0.717, 1.165) is 31.3 Å². The van der Waals surface area contributed by atoms with Gasteiger partial charge in [-0.05, 0) is 53.3 Å². The number of benzene rings is 2. The van der Waals surface area contributed by atoms with Gasteiger partial charge < -0.3 is 4.74 Å². The van der Waals surface area contributed by atoms with Crippen molar-refractivity contribution < 1.29 is 9.53 Å². The number of hydrogen-bond donors (Lipinski definition) is 0. The number of fused-ring (bicyclic) bond motifs is 1. The van der Waals surface area contributed by atoms with Gasteiger partial charge in [-0.2, -0.15) is 0 Å². The van der Waals surface area contributed by atoms with Crippen LogP contribution in [0.4, 0.5) is 0 Å². The van der Waals surface area contributed by atoms with Crippen LogP contribution < -0.4 is 4.74 Å². The van der Waals surface area contributed by atoms with E-state index in [-0.39, 0.29) is 11.7 Å². The van der Waals surface area contributed by atoms with Gasteiger partial charge in [-0.15, -0.1) is 0 Å². The summed E-state index contributed by atoms with van der Waals surface area (Å²) in [4.78, 5) is 12.8. The van der Waals surface area contributed by atoms with Crippen LogP contribution in [0.15, 0.2) is 46.9 Å². The number of para-hydroxylation sites is 1. The van der Waals surface area contributed by atoms with Gasteiger partial charge in [0.2, 0.25) is 0 Å². The maximum Gasteiger partial charge on any atom is 0.171 e. The highest BCUT2D eigenvalue weighted by atomic mass is 127. The molecule has 1 aliphatic rings. The largest absolute Gasteiger partial charge is 0.493 e. The third-order valence-corrected chi connectivity index (χ3v) is 4.83. The van der Waals surface area contributed by atoms with Crippen LogP contribution in [-0.2, 0) is 0 Å². The molecule has 1 aliphatic heterocycles. The number of ether oxygens (including phenoxy) is 1. The SMILES string of the molecule is O=C(c1cc(I)ccc1Br)C1CCOc2ccccc21. The summed E-state index contributed by atoms with van der Waals surface area (Å²) in [5, 5.41) is 0. The van der Waals surface area contributed by atoms with Crippen molar-refractivity contribution in [2.45, 2.75) is 12.3 Å². The Kier molecular flexibility index (Phi) is 4.12. The summed E-state index contributed by atoms with van der Waals surface area (Å²) in [7, 11) is 0. The molecule has 1 unspecified atom stereocenters. The summed E-state index contributed by atoms with van der Waals surface area (Å²) >= 11 is 5.71. The monoisotopic (exact) mass is 442 g/mol. The molecule has 2 aromatic carbocycles. The first-order valence-electron chi connectivity index (χ1n) is 6.38. The number of rotatable bonds is 2. The molecular formula is C16H12BrIO2. The second-order valence-corrected chi connectivity index (χ2v) is 6.82. The first-order chi connectivity index (χ1) is 9.66. The van der Waals surface area contributed by atoms with Gasteiger partial charge in [-0.3, -0.25) is 4.79 Å². The fraction of sp³-hybridized carbons (Fsp3) is 0.188. The molecule has 0 amide bonds. The smallest absolute Gasteiger partial charge is 0.171 e. The standard InChI is InChI=1S/C16H12BrIO2/c17-14-6-5-10(18)9-13(14)16(19)12-7-8-20-15-4-2-1-3-11(12)15/h1-6,9,12H,7-8H2. The van der Waals surface area contributed by atoms with Crippen molar-refractivity contribution in [1.29, 1.82) is 0 Å². The quantitative estimate of drug-likeness (QED) is 0.493. The Bertz CT molecular complexity index is 669. The van der Waals surface area contributed by atoms with Gasteiger partial charge in [-0.1, -0.05) is 34.1 Å². The van der Waals surface area contributed by atoms with E-state index in [1.807, 2.05) is 42.5 Å². The summed E-state index contributed by atoms with van der Waals surface area (Å²) in [5.74, 6) is 0.874. The fourth-order valence-electron chi connectivity index (χ4n) is 2.49. The normalized spacial score (nSPS) is 17.2. The van der Waals surface area contributed by atoms with Crippen LogP contribution in [-0.4, -0.2) is 12.4 Å². The van der Waals surface area contributed by atoms with Gasteiger partial charge in [0, 0.05) is 19.2 Å². The molecule has 2 nitrogen and oxygen atoms in total. The average molecular weight is 443 g/mol. The Morgan fingerprint density at radius 1 is 1.25 bits per heavy atom. The van der Waals surface area contributed by atoms with Crippen LogP contribution in [0.1, 0.15) is 28.3 Å². The van der Waals surface area contributed by atoms with Gasteiger partial charge in [-0.25, -0.2) is 0 Å². The van der Waals surface area contributed by atoms with Crippen LogP contribution in [0.5, 0.6) is 5.75 Å². The Morgan fingerprint density at radius 3 is 2.90 bits per heavy atom. The Morgan fingerprint density at radius 2 is 2.05 bits per heavy atom. The van der Waals surface area contributed by atoms with Gasteiger partial charge in [0.05, 0.1) is 12.5 Å². The molecule has 102 valence electrons. The second kappa shape index (κ2) is 5.85. The molecule has 0 N–H and O–H groups in total. The zero-order valence-electron chi connectivity index (χ0n) is 10.6. The lowest BCUT2D eigenvalue weighted by Gasteiger charge is -2.25. The zero-order valence-corrected chi connectivity index (χ0v) is 14.3. The molecule has 4 heteroatoms. The molecule has 0 aliphatic carbocycles. The van der Waals surface area contributed by atoms with E-state index < -0.39 is 0 Å². The summed E-state index contributed by atoms with van der Waals surface area (Å²) in [6.07, 6.45) is 0.730. The van der Waals surface area contributed by atoms with Crippen LogP contribution in [0.25, 0.3) is 0 Å². The van der Waals surface area contributed by atoms with E-state index in [2.05, 4.69) is 38.5 Å². The van der Waals surface area contributed by atoms with Gasteiger partial charge in [0.25, 0.3) is 0 Å². The van der Waals surface area contributed by atoms with Gasteiger partial charge in [0.1, 0.15) is 5.75 Å². The van der Waals surface area contributed by atoms with Crippen molar-refractivity contribution in [3.63, 3.8) is 0 Å². The van der Waals surface area contributed by atoms with Crippen molar-refractivity contribution in [2.75, 3.05) is 6.61 Å². The lowest BCUT2D eigenvalue weighted by Crippen LogP contribution is -2.21. The van der Waals surface area contributed by atoms with Crippen LogP contribution in [0.3, 0.4) is 0 Å². The predicted molar refractivity (Wildman–Crippen MR) is 90.5 cm³/mol. The molecule has 2 aromatic rings. The molecule has 0 radical (unpaired) electrons. The lowest BCUT2D eigenvalue weighted by atomic mass is 9.86. The molecule has 0 aromatic heterocycles. The first-order valence-corrected chi connectivity index (χ1v) is 8.25. The Labute approximate surface area is 139 Å². The molecule has 0 fully saturated rings. The molecule has 0 bridgehead atoms. The average Bonchev–Trinajstić information content (AvgIpc) is 2.48. The molecule has 3 rings (SSSR count). The fourth-order valence-corrected chi connectivity index (χ4v) is 3.42. The van der Waals surface area contributed by atoms with Crippen molar-refractivity contribution in [3.8, 4) is 5.75 Å². The summed E-state index contributed by atoms with van der Waals surface area (Å²) in [6, 6.07) is 13.7. The van der Waals surface area contributed by atoms with E-state index in [1.54, 1.807) is 0 Å². The molecule has 1 heterocycles. The molecule has 0 saturated heterocycles. The number of carbonyl (C=O) groups is 1. The molecule has 0 spiro atoms. The third kappa shape index (κ3) is 2.63. The van der Waals surface area contributed by atoms with E-state index in [0.29, 0.717) is 6.61 Å². The van der Waals surface area contributed by atoms with E-state index in [1.165, 1.54) is 0 Å². The lowest BCUT2D eigenvalue weighted by molar-refractivity contribution is 0.0932. The number of carbonyl (C=O) groups excluding carboxylic acids is 1. The Balaban J connectivity index is 2.02. The predicted octanol–water partition coefficient (Wildman–Crippen LogP) is 4.80. The minimum atomic E-state index is -0.116. The maximum atomic E-state index is 12.8.